The molecule has 4 saturated carbocycles. The first-order chi connectivity index (χ1) is 12.5. The van der Waals surface area contributed by atoms with Gasteiger partial charge in [-0.3, -0.25) is 4.79 Å². The van der Waals surface area contributed by atoms with Crippen LogP contribution in [0, 0.1) is 17.3 Å². The van der Waals surface area contributed by atoms with Gasteiger partial charge >= 0.3 is 5.97 Å². The van der Waals surface area contributed by atoms with Gasteiger partial charge in [-0.05, 0) is 74.2 Å². The van der Waals surface area contributed by atoms with Crippen LogP contribution in [0.2, 0.25) is 0 Å². The lowest BCUT2D eigenvalue weighted by atomic mass is 9.42. The summed E-state index contributed by atoms with van der Waals surface area (Å²) < 4.78 is 0. The highest BCUT2D eigenvalue weighted by Crippen LogP contribution is 2.66. The summed E-state index contributed by atoms with van der Waals surface area (Å²) >= 11 is 0. The van der Waals surface area contributed by atoms with Crippen LogP contribution in [-0.2, 0) is 15.0 Å². The van der Waals surface area contributed by atoms with E-state index in [1.54, 1.807) is 4.90 Å². The molecule has 1 aromatic rings. The van der Waals surface area contributed by atoms with E-state index >= 15 is 0 Å². The molecule has 6 rings (SSSR count). The van der Waals surface area contributed by atoms with Gasteiger partial charge in [0, 0.05) is 6.54 Å². The van der Waals surface area contributed by atoms with E-state index < -0.39 is 12.0 Å². The molecule has 1 amide bonds. The fourth-order valence-corrected chi connectivity index (χ4v) is 7.21. The molecule has 0 radical (unpaired) electrons. The smallest absolute Gasteiger partial charge is 0.326 e. The van der Waals surface area contributed by atoms with E-state index in [0.29, 0.717) is 24.8 Å². The van der Waals surface area contributed by atoms with Crippen LogP contribution in [0.5, 0.6) is 0 Å². The topological polar surface area (TPSA) is 57.6 Å². The van der Waals surface area contributed by atoms with Crippen molar-refractivity contribution in [3.8, 4) is 0 Å². The van der Waals surface area contributed by atoms with Gasteiger partial charge in [-0.2, -0.15) is 0 Å². The molecular weight excluding hydrogens is 326 g/mol. The van der Waals surface area contributed by atoms with Crippen LogP contribution in [-0.4, -0.2) is 34.5 Å². The van der Waals surface area contributed by atoms with Crippen molar-refractivity contribution in [1.29, 1.82) is 0 Å². The molecule has 1 saturated heterocycles. The standard InChI is InChI=1S/C22H27NO3/c24-19(25)18-7-4-8-23(18)20(26)22-12-15-9-16(13-22)11-21(10-15,14-22)17-5-2-1-3-6-17/h1-3,5-6,15-16,18H,4,7-14H2,(H,24,25)/t15-,16-,18+,21?,22?/m0/s1. The predicted octanol–water partition coefficient (Wildman–Crippen LogP) is 3.60. The molecule has 0 spiro atoms. The summed E-state index contributed by atoms with van der Waals surface area (Å²) in [6.45, 7) is 0.616. The van der Waals surface area contributed by atoms with Crippen molar-refractivity contribution in [3.63, 3.8) is 0 Å². The predicted molar refractivity (Wildman–Crippen MR) is 97.6 cm³/mol. The maximum absolute atomic E-state index is 13.6. The molecule has 4 bridgehead atoms. The minimum atomic E-state index is -0.835. The molecule has 4 heteroatoms. The van der Waals surface area contributed by atoms with Crippen LogP contribution in [0.3, 0.4) is 0 Å². The Morgan fingerprint density at radius 3 is 2.38 bits per heavy atom. The van der Waals surface area contributed by atoms with Gasteiger partial charge in [-0.1, -0.05) is 30.3 Å². The molecular formula is C22H27NO3. The third-order valence-electron chi connectivity index (χ3n) is 7.70. The van der Waals surface area contributed by atoms with Crippen molar-refractivity contribution >= 4 is 11.9 Å². The summed E-state index contributed by atoms with van der Waals surface area (Å²) in [5, 5.41) is 9.55. The van der Waals surface area contributed by atoms with Crippen LogP contribution >= 0.6 is 0 Å². The van der Waals surface area contributed by atoms with Gasteiger partial charge in [0.25, 0.3) is 0 Å². The second kappa shape index (κ2) is 5.58. The van der Waals surface area contributed by atoms with E-state index in [9.17, 15) is 14.7 Å². The first-order valence-electron chi connectivity index (χ1n) is 10.1. The number of carbonyl (C=O) groups excluding carboxylic acids is 1. The Morgan fingerprint density at radius 1 is 1.04 bits per heavy atom. The lowest BCUT2D eigenvalue weighted by molar-refractivity contribution is -0.165. The first-order valence-corrected chi connectivity index (χ1v) is 10.1. The Bertz CT molecular complexity index is 729. The molecule has 138 valence electrons. The van der Waals surface area contributed by atoms with Crippen LogP contribution in [0.4, 0.5) is 0 Å². The van der Waals surface area contributed by atoms with Crippen LogP contribution < -0.4 is 0 Å². The summed E-state index contributed by atoms with van der Waals surface area (Å²) in [6, 6.07) is 10.2. The Balaban J connectivity index is 1.51. The monoisotopic (exact) mass is 353 g/mol. The van der Waals surface area contributed by atoms with E-state index in [1.165, 1.54) is 24.8 Å². The molecule has 1 aromatic carbocycles. The first kappa shape index (κ1) is 16.3. The Hall–Kier alpha value is -1.84. The fraction of sp³-hybridized carbons (Fsp3) is 0.636. The summed E-state index contributed by atoms with van der Waals surface area (Å²) in [5.74, 6) is 0.549. The summed E-state index contributed by atoms with van der Waals surface area (Å²) in [7, 11) is 0. The molecule has 5 fully saturated rings. The lowest BCUT2D eigenvalue weighted by Crippen LogP contribution is -2.60. The van der Waals surface area contributed by atoms with Crippen molar-refractivity contribution in [3.05, 3.63) is 35.9 Å². The second-order valence-corrected chi connectivity index (χ2v) is 9.38. The van der Waals surface area contributed by atoms with Crippen LogP contribution in [0.1, 0.15) is 56.9 Å². The van der Waals surface area contributed by atoms with Crippen LogP contribution in [0.25, 0.3) is 0 Å². The van der Waals surface area contributed by atoms with Gasteiger partial charge in [0.05, 0.1) is 5.41 Å². The minimum Gasteiger partial charge on any atom is -0.480 e. The van der Waals surface area contributed by atoms with Crippen molar-refractivity contribution in [1.82, 2.24) is 4.90 Å². The fourth-order valence-electron chi connectivity index (χ4n) is 7.21. The lowest BCUT2D eigenvalue weighted by Gasteiger charge is -2.62. The average molecular weight is 353 g/mol. The quantitative estimate of drug-likeness (QED) is 0.903. The van der Waals surface area contributed by atoms with Crippen molar-refractivity contribution < 1.29 is 14.7 Å². The number of benzene rings is 1. The maximum Gasteiger partial charge on any atom is 0.326 e. The highest BCUT2D eigenvalue weighted by molar-refractivity contribution is 5.88. The number of nitrogens with zero attached hydrogens (tertiary/aromatic N) is 1. The SMILES string of the molecule is O=C(O)[C@H]1CCCN1C(=O)C12C[C@H]3C[C@H](C1)CC(c1ccccc1)(C3)C2. The van der Waals surface area contributed by atoms with Crippen LogP contribution in [0.15, 0.2) is 30.3 Å². The normalized spacial score (nSPS) is 40.8. The van der Waals surface area contributed by atoms with Crippen molar-refractivity contribution in [2.75, 3.05) is 6.54 Å². The highest BCUT2D eigenvalue weighted by Gasteiger charge is 2.62. The van der Waals surface area contributed by atoms with Gasteiger partial charge in [-0.15, -0.1) is 0 Å². The number of aliphatic carboxylic acids is 1. The zero-order valence-electron chi connectivity index (χ0n) is 15.2. The van der Waals surface area contributed by atoms with Gasteiger partial charge in [0.15, 0.2) is 0 Å². The summed E-state index contributed by atoms with van der Waals surface area (Å²) in [4.78, 5) is 27.0. The third-order valence-corrected chi connectivity index (χ3v) is 7.70. The van der Waals surface area contributed by atoms with E-state index in [0.717, 1.165) is 25.7 Å². The van der Waals surface area contributed by atoms with Crippen molar-refractivity contribution in [2.24, 2.45) is 17.3 Å². The number of carboxylic acid groups (broad SMARTS) is 1. The highest BCUT2D eigenvalue weighted by atomic mass is 16.4. The van der Waals surface area contributed by atoms with Gasteiger partial charge in [-0.25, -0.2) is 4.79 Å². The average Bonchev–Trinajstić information content (AvgIpc) is 3.10. The number of carboxylic acids is 1. The minimum absolute atomic E-state index is 0.124. The molecule has 1 heterocycles. The zero-order chi connectivity index (χ0) is 17.9. The molecule has 0 aromatic heterocycles. The number of rotatable bonds is 3. The number of carbonyl (C=O) groups is 2. The van der Waals surface area contributed by atoms with Gasteiger partial charge in [0.1, 0.15) is 6.04 Å². The number of hydrogen-bond donors (Lipinski definition) is 1. The molecule has 4 nitrogen and oxygen atoms in total. The maximum atomic E-state index is 13.6. The molecule has 26 heavy (non-hydrogen) atoms. The molecule has 0 unspecified atom stereocenters. The second-order valence-electron chi connectivity index (χ2n) is 9.38. The van der Waals surface area contributed by atoms with E-state index in [2.05, 4.69) is 30.3 Å². The Labute approximate surface area is 154 Å². The number of likely N-dealkylation sites (tertiary alicyclic amines) is 1. The molecule has 1 aliphatic heterocycles. The number of amides is 1. The summed E-state index contributed by atoms with van der Waals surface area (Å²) in [6.07, 6.45) is 7.93. The Kier molecular flexibility index (Phi) is 3.51. The molecule has 4 aliphatic carbocycles. The molecule has 5 aliphatic rings. The van der Waals surface area contributed by atoms with Gasteiger partial charge in [0.2, 0.25) is 5.91 Å². The molecule has 3 atom stereocenters. The molecule has 1 N–H and O–H groups in total. The van der Waals surface area contributed by atoms with E-state index in [4.69, 9.17) is 0 Å². The Morgan fingerprint density at radius 2 is 1.73 bits per heavy atom. The summed E-state index contributed by atoms with van der Waals surface area (Å²) in [5.41, 5.74) is 1.19. The van der Waals surface area contributed by atoms with E-state index in [-0.39, 0.29) is 16.7 Å². The number of hydrogen-bond acceptors (Lipinski definition) is 2. The van der Waals surface area contributed by atoms with Crippen molar-refractivity contribution in [2.45, 2.75) is 62.8 Å². The third kappa shape index (κ3) is 2.27. The van der Waals surface area contributed by atoms with E-state index in [1.807, 2.05) is 0 Å². The largest absolute Gasteiger partial charge is 0.480 e. The zero-order valence-corrected chi connectivity index (χ0v) is 15.2. The van der Waals surface area contributed by atoms with Gasteiger partial charge < -0.3 is 10.0 Å².